The number of morpholine rings is 2. The van der Waals surface area contributed by atoms with Crippen LogP contribution < -0.4 is 26.6 Å². The third-order valence-electron chi connectivity index (χ3n) is 12.3. The number of nitrogens with one attached hydrogen (secondary N) is 1. The number of amides is 3. The molecule has 4 saturated heterocycles. The molecule has 5 N–H and O–H groups in total. The third kappa shape index (κ3) is 12.2. The predicted molar refractivity (Wildman–Crippen MR) is 269 cm³/mol. The van der Waals surface area contributed by atoms with Gasteiger partial charge < -0.3 is 59.9 Å². The molecule has 0 saturated carbocycles. The zero-order valence-electron chi connectivity index (χ0n) is 40.4. The highest BCUT2D eigenvalue weighted by Crippen LogP contribution is 2.33. The molecule has 384 valence electrons. The third-order valence-corrected chi connectivity index (χ3v) is 12.5. The lowest BCUT2D eigenvalue weighted by Gasteiger charge is -2.33. The summed E-state index contributed by atoms with van der Waals surface area (Å²) in [4.78, 5) is 98.4. The molecular formula is C44H58Cl2N20O6. The summed E-state index contributed by atoms with van der Waals surface area (Å²) >= 11 is 4.79. The molecule has 6 aromatic heterocycles. The molecule has 72 heavy (non-hydrogen) atoms. The number of nitrogen functional groups attached to an aromatic ring is 2. The molecule has 4 fully saturated rings. The molecular weight excluding hydrogens is 976 g/mol. The fourth-order valence-electron chi connectivity index (χ4n) is 8.41. The van der Waals surface area contributed by atoms with Gasteiger partial charge in [-0.25, -0.2) is 39.9 Å². The van der Waals surface area contributed by atoms with Crippen LogP contribution in [0.4, 0.5) is 23.8 Å². The summed E-state index contributed by atoms with van der Waals surface area (Å²) in [5.41, 5.74) is 17.2. The Bertz CT molecular complexity index is 2820. The normalized spacial score (nSPS) is 16.5. The maximum absolute atomic E-state index is 12.4. The SMILES string of the molecule is CN(C)C(=O)C(=O)Cl.CN(C)C(=O)C(=O)N1CCC(n2cnc3c(-c4cnc(N)nc4)nc(N4CCOCC4)nc32)CC1.Cl.Nc1ncc(-c2nc(N3CCOCC3)nc3c2ncn3C2CCNCC2)cn1. The Hall–Kier alpha value is -7.00. The van der Waals surface area contributed by atoms with Crippen molar-refractivity contribution in [1.29, 1.82) is 0 Å². The minimum absolute atomic E-state index is 0. The number of likely N-dealkylation sites (N-methyl/N-ethyl adjacent to an activating group) is 2. The topological polar surface area (TPSA) is 306 Å². The number of aromatic nitrogens is 12. The van der Waals surface area contributed by atoms with E-state index in [0.29, 0.717) is 106 Å². The molecule has 0 aromatic carbocycles. The number of piperidine rings is 2. The Morgan fingerprint density at radius 1 is 0.597 bits per heavy atom. The molecule has 3 amide bonds. The van der Waals surface area contributed by atoms with Gasteiger partial charge in [0, 0.05) is 115 Å². The Morgan fingerprint density at radius 3 is 1.38 bits per heavy atom. The summed E-state index contributed by atoms with van der Waals surface area (Å²) in [7, 11) is 6.09. The van der Waals surface area contributed by atoms with Gasteiger partial charge in [0.25, 0.3) is 0 Å². The zero-order valence-corrected chi connectivity index (χ0v) is 42.0. The van der Waals surface area contributed by atoms with Gasteiger partial charge in [0.1, 0.15) is 22.4 Å². The fourth-order valence-corrected chi connectivity index (χ4v) is 8.58. The molecule has 0 bridgehead atoms. The van der Waals surface area contributed by atoms with E-state index in [2.05, 4.69) is 54.2 Å². The van der Waals surface area contributed by atoms with Gasteiger partial charge in [0.15, 0.2) is 11.3 Å². The van der Waals surface area contributed by atoms with E-state index in [1.807, 2.05) is 6.33 Å². The van der Waals surface area contributed by atoms with Gasteiger partial charge in [-0.3, -0.25) is 19.2 Å². The van der Waals surface area contributed by atoms with E-state index in [4.69, 9.17) is 52.5 Å². The van der Waals surface area contributed by atoms with E-state index in [1.165, 1.54) is 19.0 Å². The molecule has 0 aliphatic carbocycles. The van der Waals surface area contributed by atoms with Crippen LogP contribution in [-0.4, -0.2) is 204 Å². The minimum atomic E-state index is -0.949. The molecule has 10 rings (SSSR count). The van der Waals surface area contributed by atoms with Crippen molar-refractivity contribution < 1.29 is 28.7 Å². The first-order valence-electron chi connectivity index (χ1n) is 23.2. The zero-order chi connectivity index (χ0) is 50.2. The van der Waals surface area contributed by atoms with Crippen LogP contribution in [0.3, 0.4) is 0 Å². The van der Waals surface area contributed by atoms with Gasteiger partial charge in [0.05, 0.1) is 39.1 Å². The summed E-state index contributed by atoms with van der Waals surface area (Å²) in [6.07, 6.45) is 13.8. The Balaban J connectivity index is 0.000000184. The second kappa shape index (κ2) is 23.9. The molecule has 6 aromatic rings. The maximum atomic E-state index is 12.4. The highest BCUT2D eigenvalue weighted by molar-refractivity contribution is 6.80. The van der Waals surface area contributed by atoms with Crippen LogP contribution in [0.15, 0.2) is 37.4 Å². The number of hydrogen-bond acceptors (Lipinski definition) is 21. The molecule has 10 heterocycles. The van der Waals surface area contributed by atoms with Crippen molar-refractivity contribution in [2.75, 3.05) is 128 Å². The molecule has 26 nitrogen and oxygen atoms in total. The number of carbonyl (C=O) groups is 4. The van der Waals surface area contributed by atoms with Crippen molar-refractivity contribution in [2.24, 2.45) is 0 Å². The molecule has 28 heteroatoms. The van der Waals surface area contributed by atoms with Crippen LogP contribution in [0.25, 0.3) is 44.8 Å². The maximum Gasteiger partial charge on any atom is 0.312 e. The number of nitrogens with zero attached hydrogens (tertiary/aromatic N) is 17. The van der Waals surface area contributed by atoms with E-state index >= 15 is 0 Å². The average Bonchev–Trinajstić information content (AvgIpc) is 4.04. The van der Waals surface area contributed by atoms with Crippen LogP contribution in [0, 0.1) is 0 Å². The van der Waals surface area contributed by atoms with E-state index in [9.17, 15) is 19.2 Å². The van der Waals surface area contributed by atoms with Gasteiger partial charge in [-0.15, -0.1) is 12.4 Å². The van der Waals surface area contributed by atoms with Gasteiger partial charge in [-0.05, 0) is 50.4 Å². The smallest absolute Gasteiger partial charge is 0.312 e. The highest BCUT2D eigenvalue weighted by atomic mass is 35.5. The number of imidazole rings is 2. The first kappa shape index (κ1) is 52.8. The average molecular weight is 1030 g/mol. The number of ether oxygens (including phenoxy) is 2. The standard InChI is InChI=1S/C22H28N10O3.C18H23N9O.C4H6ClNO2.ClH/c1-29(2)19(33)20(34)30-5-3-15(4-6-30)32-13-26-17-16(14-11-24-21(23)25-12-14)27-22(28-18(17)32)31-7-9-35-10-8-31;19-17-21-9-12(10-22-17)14-15-16(25-18(24-14)26-5-7-28-8-6-26)27(11-23-15)13-1-3-20-4-2-13;1-6(2)4(8)3(5)7;/h11-13,15H,3-10H2,1-2H3,(H2,23,24,25);9-11,13,20H,1-8H2,(H2,19,21,22);1-2H3;1H. The molecule has 4 aliphatic rings. The lowest BCUT2D eigenvalue weighted by molar-refractivity contribution is -0.151. The minimum Gasteiger partial charge on any atom is -0.378 e. The summed E-state index contributed by atoms with van der Waals surface area (Å²) < 4.78 is 15.2. The Kier molecular flexibility index (Phi) is 17.6. The summed E-state index contributed by atoms with van der Waals surface area (Å²) in [6, 6.07) is 0.468. The second-order valence-corrected chi connectivity index (χ2v) is 17.8. The lowest BCUT2D eigenvalue weighted by atomic mass is 10.0. The predicted octanol–water partition coefficient (Wildman–Crippen LogP) is 0.842. The Morgan fingerprint density at radius 2 is 1.00 bits per heavy atom. The number of nitrogens with two attached hydrogens (primary N) is 2. The number of carbonyl (C=O) groups excluding carboxylic acids is 4. The molecule has 0 radical (unpaired) electrons. The summed E-state index contributed by atoms with van der Waals surface area (Å²) in [6.45, 7) is 8.48. The van der Waals surface area contributed by atoms with Gasteiger partial charge in [-0.2, -0.15) is 9.97 Å². The summed E-state index contributed by atoms with van der Waals surface area (Å²) in [5, 5.41) is 2.46. The monoisotopic (exact) mass is 1030 g/mol. The molecule has 0 unspecified atom stereocenters. The van der Waals surface area contributed by atoms with Gasteiger partial charge in [0.2, 0.25) is 23.8 Å². The fraction of sp³-hybridized carbons (Fsp3) is 0.500. The molecule has 0 atom stereocenters. The number of anilines is 4. The Labute approximate surface area is 425 Å². The van der Waals surface area contributed by atoms with E-state index in [-0.39, 0.29) is 30.3 Å². The first-order valence-corrected chi connectivity index (χ1v) is 23.6. The van der Waals surface area contributed by atoms with Crippen molar-refractivity contribution in [3.8, 4) is 22.5 Å². The quantitative estimate of drug-likeness (QED) is 0.147. The summed E-state index contributed by atoms with van der Waals surface area (Å²) in [5.74, 6) is 0.0551. The number of hydrogen-bond donors (Lipinski definition) is 3. The molecule has 4 aliphatic heterocycles. The van der Waals surface area contributed by atoms with Crippen LogP contribution in [0.5, 0.6) is 0 Å². The number of halogens is 2. The van der Waals surface area contributed by atoms with Crippen LogP contribution >= 0.6 is 24.0 Å². The van der Waals surface area contributed by atoms with Crippen molar-refractivity contribution in [2.45, 2.75) is 37.8 Å². The van der Waals surface area contributed by atoms with Crippen LogP contribution in [0.1, 0.15) is 37.8 Å². The lowest BCUT2D eigenvalue weighted by Crippen LogP contribution is -2.46. The molecule has 0 spiro atoms. The highest BCUT2D eigenvalue weighted by Gasteiger charge is 2.31. The van der Waals surface area contributed by atoms with Gasteiger partial charge in [-0.1, -0.05) is 0 Å². The van der Waals surface area contributed by atoms with Crippen molar-refractivity contribution >= 4 is 93.1 Å². The number of fused-ring (bicyclic) bond motifs is 2. The van der Waals surface area contributed by atoms with E-state index in [1.54, 1.807) is 50.1 Å². The van der Waals surface area contributed by atoms with Crippen molar-refractivity contribution in [1.82, 2.24) is 79.0 Å². The van der Waals surface area contributed by atoms with Crippen LogP contribution in [0.2, 0.25) is 0 Å². The second-order valence-electron chi connectivity index (χ2n) is 17.4. The first-order chi connectivity index (χ1) is 34.3. The number of rotatable bonds is 7. The van der Waals surface area contributed by atoms with E-state index < -0.39 is 23.0 Å². The largest absolute Gasteiger partial charge is 0.378 e. The number of likely N-dealkylation sites (tertiary alicyclic amines) is 1. The van der Waals surface area contributed by atoms with Gasteiger partial charge >= 0.3 is 23.0 Å². The van der Waals surface area contributed by atoms with E-state index in [0.717, 1.165) is 66.3 Å². The van der Waals surface area contributed by atoms with Crippen molar-refractivity contribution in [3.05, 3.63) is 37.4 Å². The van der Waals surface area contributed by atoms with Crippen LogP contribution in [-0.2, 0) is 28.7 Å². The van der Waals surface area contributed by atoms with Crippen molar-refractivity contribution in [3.63, 3.8) is 0 Å².